The number of hydrogen-bond acceptors (Lipinski definition) is 8. The number of carbonyl (C=O) groups excluding carboxylic acids is 1. The summed E-state index contributed by atoms with van der Waals surface area (Å²) < 4.78 is 31.4. The second kappa shape index (κ2) is 8.52. The summed E-state index contributed by atoms with van der Waals surface area (Å²) in [7, 11) is -2.45. The van der Waals surface area contributed by atoms with Crippen LogP contribution >= 0.6 is 11.3 Å². The van der Waals surface area contributed by atoms with Gasteiger partial charge in [-0.3, -0.25) is 4.79 Å². The van der Waals surface area contributed by atoms with E-state index in [4.69, 9.17) is 10.5 Å². The van der Waals surface area contributed by atoms with E-state index in [9.17, 15) is 13.2 Å². The number of aromatic nitrogens is 2. The summed E-state index contributed by atoms with van der Waals surface area (Å²) in [6.45, 7) is 1.29. The molecule has 0 fully saturated rings. The topological polar surface area (TPSA) is 115 Å². The smallest absolute Gasteiger partial charge is 0.321 e. The molecule has 2 aromatic heterocycles. The van der Waals surface area contributed by atoms with Gasteiger partial charge < -0.3 is 10.5 Å². The summed E-state index contributed by atoms with van der Waals surface area (Å²) in [6.07, 6.45) is 4.31. The lowest BCUT2D eigenvalue weighted by Gasteiger charge is -2.16. The van der Waals surface area contributed by atoms with Crippen molar-refractivity contribution >= 4 is 43.4 Å². The molecule has 0 saturated heterocycles. The Morgan fingerprint density at radius 1 is 1.19 bits per heavy atom. The minimum Gasteiger partial charge on any atom is -0.456 e. The van der Waals surface area contributed by atoms with Crippen LogP contribution in [0.1, 0.15) is 34.7 Å². The van der Waals surface area contributed by atoms with Crippen molar-refractivity contribution in [1.82, 2.24) is 14.3 Å². The lowest BCUT2D eigenvalue weighted by molar-refractivity contribution is -0.145. The molecule has 0 unspecified atom stereocenters. The van der Waals surface area contributed by atoms with Gasteiger partial charge in [-0.1, -0.05) is 17.7 Å². The van der Waals surface area contributed by atoms with Crippen molar-refractivity contribution in [1.29, 1.82) is 0 Å². The molecule has 0 radical (unpaired) electrons. The summed E-state index contributed by atoms with van der Waals surface area (Å²) in [4.78, 5) is 23.3. The molecule has 8 nitrogen and oxygen atoms in total. The maximum Gasteiger partial charge on any atom is 0.321 e. The fourth-order valence-electron chi connectivity index (χ4n) is 3.64. The predicted octanol–water partition coefficient (Wildman–Crippen LogP) is 2.82. The summed E-state index contributed by atoms with van der Waals surface area (Å²) >= 11 is 1.62. The number of aryl methyl sites for hydroxylation is 3. The number of fused-ring (bicyclic) bond motifs is 3. The summed E-state index contributed by atoms with van der Waals surface area (Å²) in [5.74, 6) is 0.0152. The molecule has 31 heavy (non-hydrogen) atoms. The number of hydrogen-bond donors (Lipinski definition) is 1. The number of benzene rings is 1. The standard InChI is InChI=1S/C21H24N4O4S2/c1-13-7-9-14(10-8-13)31(27,28)25(2)11-18(26)29-12-17-23-20(22)19-15-5-3-4-6-16(15)30-21(19)24-17/h7-10H,3-6,11-12H2,1-2H3,(H2,22,23,24). The van der Waals surface area contributed by atoms with Crippen molar-refractivity contribution in [3.63, 3.8) is 0 Å². The van der Waals surface area contributed by atoms with E-state index < -0.39 is 22.5 Å². The van der Waals surface area contributed by atoms with Crippen LogP contribution in [0.5, 0.6) is 0 Å². The SMILES string of the molecule is Cc1ccc(S(=O)(=O)N(C)CC(=O)OCc2nc(N)c3c4c(sc3n2)CCCC4)cc1. The Labute approximate surface area is 185 Å². The molecule has 1 aliphatic carbocycles. The van der Waals surface area contributed by atoms with Crippen LogP contribution in [0.3, 0.4) is 0 Å². The quantitative estimate of drug-likeness (QED) is 0.562. The van der Waals surface area contributed by atoms with Crippen molar-refractivity contribution < 1.29 is 17.9 Å². The average Bonchev–Trinajstić information content (AvgIpc) is 3.11. The van der Waals surface area contributed by atoms with Gasteiger partial charge in [0.2, 0.25) is 10.0 Å². The van der Waals surface area contributed by atoms with Crippen molar-refractivity contribution in [2.45, 2.75) is 44.1 Å². The predicted molar refractivity (Wildman–Crippen MR) is 119 cm³/mol. The number of likely N-dealkylation sites (N-methyl/N-ethyl adjacent to an activating group) is 1. The molecular formula is C21H24N4O4S2. The van der Waals surface area contributed by atoms with Crippen molar-refractivity contribution in [3.8, 4) is 0 Å². The summed E-state index contributed by atoms with van der Waals surface area (Å²) in [5.41, 5.74) is 8.37. The van der Waals surface area contributed by atoms with E-state index in [1.165, 1.54) is 29.6 Å². The minimum absolute atomic E-state index is 0.122. The number of ether oxygens (including phenoxy) is 1. The Bertz CT molecular complexity index is 1240. The first-order chi connectivity index (χ1) is 14.8. The van der Waals surface area contributed by atoms with Crippen molar-refractivity contribution in [3.05, 3.63) is 46.1 Å². The molecule has 1 aromatic carbocycles. The zero-order chi connectivity index (χ0) is 22.2. The number of nitrogens with zero attached hydrogens (tertiary/aromatic N) is 3. The van der Waals surface area contributed by atoms with E-state index in [0.29, 0.717) is 11.6 Å². The third-order valence-electron chi connectivity index (χ3n) is 5.33. The highest BCUT2D eigenvalue weighted by molar-refractivity contribution is 7.89. The monoisotopic (exact) mass is 460 g/mol. The third-order valence-corrected chi connectivity index (χ3v) is 8.34. The van der Waals surface area contributed by atoms with Gasteiger partial charge >= 0.3 is 5.97 Å². The zero-order valence-electron chi connectivity index (χ0n) is 17.4. The average molecular weight is 461 g/mol. The molecule has 2 heterocycles. The van der Waals surface area contributed by atoms with Gasteiger partial charge in [0.15, 0.2) is 12.4 Å². The number of nitrogens with two attached hydrogens (primary N) is 1. The highest BCUT2D eigenvalue weighted by Crippen LogP contribution is 2.37. The molecule has 3 aromatic rings. The lowest BCUT2D eigenvalue weighted by atomic mass is 9.97. The fourth-order valence-corrected chi connectivity index (χ4v) is 6.05. The first-order valence-corrected chi connectivity index (χ1v) is 12.3. The molecule has 0 atom stereocenters. The molecular weight excluding hydrogens is 436 g/mol. The number of anilines is 1. The van der Waals surface area contributed by atoms with Crippen molar-refractivity contribution in [2.75, 3.05) is 19.3 Å². The first-order valence-electron chi connectivity index (χ1n) is 10.0. The van der Waals surface area contributed by atoms with Gasteiger partial charge in [0.25, 0.3) is 0 Å². The van der Waals surface area contributed by atoms with E-state index >= 15 is 0 Å². The molecule has 0 aliphatic heterocycles. The van der Waals surface area contributed by atoms with E-state index in [-0.39, 0.29) is 11.5 Å². The van der Waals surface area contributed by atoms with Gasteiger partial charge in [-0.05, 0) is 50.3 Å². The normalized spacial score (nSPS) is 14.0. The lowest BCUT2D eigenvalue weighted by Crippen LogP contribution is -2.33. The minimum atomic E-state index is -3.79. The van der Waals surface area contributed by atoms with Gasteiger partial charge in [-0.2, -0.15) is 4.31 Å². The first kappa shape index (κ1) is 21.7. The van der Waals surface area contributed by atoms with E-state index in [1.807, 2.05) is 6.92 Å². The van der Waals surface area contributed by atoms with Crippen LogP contribution in [-0.2, 0) is 39.0 Å². The van der Waals surface area contributed by atoms with Gasteiger partial charge in [0.1, 0.15) is 17.2 Å². The highest BCUT2D eigenvalue weighted by atomic mass is 32.2. The fraction of sp³-hybridized carbons (Fsp3) is 0.381. The van der Waals surface area contributed by atoms with Gasteiger partial charge in [-0.15, -0.1) is 11.3 Å². The van der Waals surface area contributed by atoms with Crippen molar-refractivity contribution in [2.24, 2.45) is 0 Å². The number of thiophene rings is 1. The van der Waals surface area contributed by atoms with Crippen LogP contribution in [0.4, 0.5) is 5.82 Å². The molecule has 2 N–H and O–H groups in total. The maximum absolute atomic E-state index is 12.6. The summed E-state index contributed by atoms with van der Waals surface area (Å²) in [6, 6.07) is 6.44. The number of esters is 1. The summed E-state index contributed by atoms with van der Waals surface area (Å²) in [5, 5.41) is 0.915. The number of nitrogen functional groups attached to an aromatic ring is 1. The third kappa shape index (κ3) is 4.41. The van der Waals surface area contributed by atoms with E-state index in [2.05, 4.69) is 9.97 Å². The highest BCUT2D eigenvalue weighted by Gasteiger charge is 2.24. The Kier molecular flexibility index (Phi) is 5.96. The molecule has 10 heteroatoms. The number of carbonyl (C=O) groups is 1. The van der Waals surface area contributed by atoms with Gasteiger partial charge in [0.05, 0.1) is 10.3 Å². The Hall–Kier alpha value is -2.56. The molecule has 0 bridgehead atoms. The van der Waals surface area contributed by atoms with Gasteiger partial charge in [-0.25, -0.2) is 18.4 Å². The number of sulfonamides is 1. The molecule has 0 saturated carbocycles. The largest absolute Gasteiger partial charge is 0.456 e. The Balaban J connectivity index is 1.42. The van der Waals surface area contributed by atoms with Gasteiger partial charge in [0, 0.05) is 11.9 Å². The molecule has 164 valence electrons. The second-order valence-electron chi connectivity index (χ2n) is 7.65. The van der Waals surface area contributed by atoms with Crippen LogP contribution in [-0.4, -0.2) is 42.3 Å². The molecule has 1 aliphatic rings. The molecule has 4 rings (SSSR count). The van der Waals surface area contributed by atoms with E-state index in [1.54, 1.807) is 23.5 Å². The van der Waals surface area contributed by atoms with Crippen LogP contribution in [0, 0.1) is 6.92 Å². The Morgan fingerprint density at radius 2 is 1.90 bits per heavy atom. The maximum atomic E-state index is 12.6. The van der Waals surface area contributed by atoms with Crippen LogP contribution in [0.2, 0.25) is 0 Å². The number of rotatable bonds is 6. The Morgan fingerprint density at radius 3 is 2.65 bits per heavy atom. The molecule has 0 amide bonds. The molecule has 0 spiro atoms. The van der Waals surface area contributed by atoms with E-state index in [0.717, 1.165) is 45.8 Å². The second-order valence-corrected chi connectivity index (χ2v) is 10.8. The van der Waals surface area contributed by atoms with Crippen LogP contribution in [0.15, 0.2) is 29.2 Å². The van der Waals surface area contributed by atoms with Crippen LogP contribution in [0.25, 0.3) is 10.2 Å². The van der Waals surface area contributed by atoms with Crippen LogP contribution < -0.4 is 5.73 Å². The zero-order valence-corrected chi connectivity index (χ0v) is 19.1.